The van der Waals surface area contributed by atoms with Crippen LogP contribution in [0.2, 0.25) is 0 Å². The molecule has 3 heteroatoms. The molecule has 0 bridgehead atoms. The van der Waals surface area contributed by atoms with Crippen LogP contribution in [0.5, 0.6) is 0 Å². The zero-order valence-electron chi connectivity index (χ0n) is 11.9. The van der Waals surface area contributed by atoms with Gasteiger partial charge in [0.25, 0.3) is 0 Å². The first-order valence-corrected chi connectivity index (χ1v) is 10.1. The molecule has 0 aliphatic carbocycles. The van der Waals surface area contributed by atoms with Gasteiger partial charge in [0.1, 0.15) is 0 Å². The molecule has 0 unspecified atom stereocenters. The smallest absolute Gasteiger partial charge is 0.0348 e. The van der Waals surface area contributed by atoms with Crippen LogP contribution in [0.15, 0.2) is 60.7 Å². The third-order valence-corrected chi connectivity index (χ3v) is 7.52. The molecule has 0 nitrogen and oxygen atoms in total. The number of halogens is 3. The lowest BCUT2D eigenvalue weighted by atomic mass is 10.00. The molecule has 0 N–H and O–H groups in total. The van der Waals surface area contributed by atoms with E-state index in [1.54, 1.807) is 0 Å². The van der Waals surface area contributed by atoms with Crippen molar-refractivity contribution in [3.8, 4) is 22.3 Å². The fraction of sp³-hybridized carbons (Fsp3) is 0.0526. The van der Waals surface area contributed by atoms with E-state index in [2.05, 4.69) is 135 Å². The van der Waals surface area contributed by atoms with Gasteiger partial charge in [-0.2, -0.15) is 0 Å². The van der Waals surface area contributed by atoms with E-state index in [0.717, 1.165) is 0 Å². The molecule has 3 aromatic rings. The Kier molecular flexibility index (Phi) is 5.44. The zero-order valence-corrected chi connectivity index (χ0v) is 18.4. The van der Waals surface area contributed by atoms with E-state index in [1.807, 2.05) is 0 Å². The lowest BCUT2D eigenvalue weighted by Crippen LogP contribution is -1.92. The summed E-state index contributed by atoms with van der Waals surface area (Å²) >= 11 is 7.31. The first-order chi connectivity index (χ1) is 10.6. The van der Waals surface area contributed by atoms with Crippen LogP contribution in [0.25, 0.3) is 22.3 Å². The highest BCUT2D eigenvalue weighted by Crippen LogP contribution is 2.35. The summed E-state index contributed by atoms with van der Waals surface area (Å²) in [5, 5.41) is 0. The van der Waals surface area contributed by atoms with Crippen LogP contribution in [0.1, 0.15) is 5.56 Å². The Bertz CT molecular complexity index is 821. The van der Waals surface area contributed by atoms with Gasteiger partial charge in [0.15, 0.2) is 0 Å². The maximum Gasteiger partial charge on any atom is 0.0348 e. The van der Waals surface area contributed by atoms with E-state index < -0.39 is 0 Å². The number of hydrogen-bond donors (Lipinski definition) is 0. The Morgan fingerprint density at radius 1 is 0.636 bits per heavy atom. The van der Waals surface area contributed by atoms with E-state index in [0.29, 0.717) is 0 Å². The molecule has 0 fully saturated rings. The van der Waals surface area contributed by atoms with Crippen LogP contribution in [0, 0.1) is 17.6 Å². The quantitative estimate of drug-likeness (QED) is 0.267. The summed E-state index contributed by atoms with van der Waals surface area (Å²) in [5.41, 5.74) is 6.47. The Hall–Kier alpha value is -0.150. The van der Waals surface area contributed by atoms with Crippen molar-refractivity contribution >= 4 is 67.8 Å². The number of rotatable bonds is 2. The van der Waals surface area contributed by atoms with Crippen molar-refractivity contribution in [2.45, 2.75) is 6.92 Å². The number of benzene rings is 3. The maximum atomic E-state index is 2.47. The van der Waals surface area contributed by atoms with Gasteiger partial charge in [0.2, 0.25) is 0 Å². The molecule has 22 heavy (non-hydrogen) atoms. The molecular weight excluding hydrogens is 609 g/mol. The SMILES string of the molecule is Cc1ccc(-c2ccc(-c3cccc(I)c3)c(I)c2I)cc1. The van der Waals surface area contributed by atoms with E-state index in [-0.39, 0.29) is 0 Å². The molecule has 0 saturated heterocycles. The second kappa shape index (κ2) is 7.17. The summed E-state index contributed by atoms with van der Waals surface area (Å²) in [6.07, 6.45) is 0. The highest BCUT2D eigenvalue weighted by Gasteiger charge is 2.12. The predicted molar refractivity (Wildman–Crippen MR) is 120 cm³/mol. The van der Waals surface area contributed by atoms with Gasteiger partial charge in [-0.1, -0.05) is 54.1 Å². The number of hydrogen-bond acceptors (Lipinski definition) is 0. The third kappa shape index (κ3) is 3.51. The Morgan fingerprint density at radius 3 is 1.82 bits per heavy atom. The van der Waals surface area contributed by atoms with Gasteiger partial charge < -0.3 is 0 Å². The first-order valence-electron chi connectivity index (χ1n) is 6.87. The van der Waals surface area contributed by atoms with Gasteiger partial charge >= 0.3 is 0 Å². The highest BCUT2D eigenvalue weighted by atomic mass is 127. The lowest BCUT2D eigenvalue weighted by molar-refractivity contribution is 1.45. The molecule has 0 heterocycles. The van der Waals surface area contributed by atoms with Crippen molar-refractivity contribution in [2.75, 3.05) is 0 Å². The molecule has 0 aliphatic heterocycles. The molecule has 0 spiro atoms. The van der Waals surface area contributed by atoms with Crippen LogP contribution in [0.3, 0.4) is 0 Å². The normalized spacial score (nSPS) is 10.7. The van der Waals surface area contributed by atoms with Crippen molar-refractivity contribution in [1.82, 2.24) is 0 Å². The molecular formula is C19H13I3. The summed E-state index contributed by atoms with van der Waals surface area (Å²) in [6.45, 7) is 2.12. The van der Waals surface area contributed by atoms with Gasteiger partial charge in [-0.05, 0) is 109 Å². The van der Waals surface area contributed by atoms with Crippen molar-refractivity contribution in [3.05, 3.63) is 76.9 Å². The predicted octanol–water partition coefficient (Wildman–Crippen LogP) is 7.14. The molecule has 0 amide bonds. The minimum atomic E-state index is 1.27. The summed E-state index contributed by atoms with van der Waals surface area (Å²) in [5.74, 6) is 0. The monoisotopic (exact) mass is 622 g/mol. The molecule has 3 aromatic carbocycles. The average Bonchev–Trinajstić information content (AvgIpc) is 2.51. The maximum absolute atomic E-state index is 2.47. The molecule has 0 saturated carbocycles. The van der Waals surface area contributed by atoms with Gasteiger partial charge in [-0.3, -0.25) is 0 Å². The summed E-state index contributed by atoms with van der Waals surface area (Å²) in [7, 11) is 0. The van der Waals surface area contributed by atoms with Crippen molar-refractivity contribution in [3.63, 3.8) is 0 Å². The van der Waals surface area contributed by atoms with E-state index in [9.17, 15) is 0 Å². The van der Waals surface area contributed by atoms with Crippen LogP contribution < -0.4 is 0 Å². The fourth-order valence-electron chi connectivity index (χ4n) is 2.38. The zero-order chi connectivity index (χ0) is 15.7. The second-order valence-electron chi connectivity index (χ2n) is 5.17. The van der Waals surface area contributed by atoms with Crippen molar-refractivity contribution < 1.29 is 0 Å². The van der Waals surface area contributed by atoms with Crippen LogP contribution in [-0.2, 0) is 0 Å². The first kappa shape index (κ1) is 16.7. The topological polar surface area (TPSA) is 0 Å². The molecule has 0 aromatic heterocycles. The van der Waals surface area contributed by atoms with Gasteiger partial charge in [-0.15, -0.1) is 0 Å². The molecule has 0 radical (unpaired) electrons. The van der Waals surface area contributed by atoms with Crippen LogP contribution in [-0.4, -0.2) is 0 Å². The van der Waals surface area contributed by atoms with Gasteiger partial charge in [-0.25, -0.2) is 0 Å². The fourth-order valence-corrected chi connectivity index (χ4v) is 4.49. The van der Waals surface area contributed by atoms with Crippen molar-refractivity contribution in [1.29, 1.82) is 0 Å². The van der Waals surface area contributed by atoms with Crippen LogP contribution in [0.4, 0.5) is 0 Å². The minimum Gasteiger partial charge on any atom is -0.0606 e. The third-order valence-electron chi connectivity index (χ3n) is 3.58. The second-order valence-corrected chi connectivity index (χ2v) is 8.57. The minimum absolute atomic E-state index is 1.27. The molecule has 0 aliphatic rings. The van der Waals surface area contributed by atoms with Gasteiger partial charge in [0, 0.05) is 10.7 Å². The van der Waals surface area contributed by atoms with E-state index in [4.69, 9.17) is 0 Å². The number of aryl methyl sites for hydroxylation is 1. The Balaban J connectivity index is 2.11. The summed E-state index contributed by atoms with van der Waals surface area (Å²) < 4.78 is 3.90. The highest BCUT2D eigenvalue weighted by molar-refractivity contribution is 14.1. The Morgan fingerprint density at radius 2 is 1.23 bits per heavy atom. The Labute approximate surface area is 172 Å². The lowest BCUT2D eigenvalue weighted by Gasteiger charge is -2.12. The summed E-state index contributed by atoms with van der Waals surface area (Å²) in [4.78, 5) is 0. The molecule has 110 valence electrons. The average molecular weight is 622 g/mol. The largest absolute Gasteiger partial charge is 0.0606 e. The molecule has 3 rings (SSSR count). The van der Waals surface area contributed by atoms with Crippen LogP contribution >= 0.6 is 67.8 Å². The van der Waals surface area contributed by atoms with Gasteiger partial charge in [0.05, 0.1) is 0 Å². The van der Waals surface area contributed by atoms with E-state index >= 15 is 0 Å². The standard InChI is InChI=1S/C19H13I3/c1-12-5-7-13(8-6-12)16-9-10-17(19(22)18(16)21)14-3-2-4-15(20)11-14/h2-11H,1H3. The summed E-state index contributed by atoms with van der Waals surface area (Å²) in [6, 6.07) is 21.9. The molecule has 0 atom stereocenters. The van der Waals surface area contributed by atoms with Crippen molar-refractivity contribution in [2.24, 2.45) is 0 Å². The van der Waals surface area contributed by atoms with E-state index in [1.165, 1.54) is 38.5 Å².